The summed E-state index contributed by atoms with van der Waals surface area (Å²) in [6, 6.07) is 14.6. The zero-order valence-corrected chi connectivity index (χ0v) is 23.2. The highest BCUT2D eigenvalue weighted by Crippen LogP contribution is 2.37. The fraction of sp³-hybridized carbons (Fsp3) is 0.296. The SMILES string of the molecule is COc1ccc(C(C)NC(=O)Nc2ccc(S(=O)(=O)Cc3ccc4c(c3)CCN(C)C4)cc2)c(Cl)c1Cl. The monoisotopic (exact) mass is 561 g/mol. The first-order valence-corrected chi connectivity index (χ1v) is 14.2. The summed E-state index contributed by atoms with van der Waals surface area (Å²) < 4.78 is 31.2. The number of carbonyl (C=O) groups is 1. The lowest BCUT2D eigenvalue weighted by atomic mass is 9.98. The third-order valence-electron chi connectivity index (χ3n) is 6.41. The molecular weight excluding hydrogens is 533 g/mol. The van der Waals surface area contributed by atoms with E-state index in [0.717, 1.165) is 25.1 Å². The van der Waals surface area contributed by atoms with E-state index in [9.17, 15) is 13.2 Å². The van der Waals surface area contributed by atoms with Gasteiger partial charge in [0, 0.05) is 18.8 Å². The van der Waals surface area contributed by atoms with Gasteiger partial charge >= 0.3 is 6.03 Å². The number of sulfone groups is 1. The Hall–Kier alpha value is -2.78. The van der Waals surface area contributed by atoms with Crippen LogP contribution in [0.25, 0.3) is 0 Å². The largest absolute Gasteiger partial charge is 0.495 e. The van der Waals surface area contributed by atoms with Gasteiger partial charge in [0.1, 0.15) is 10.8 Å². The quantitative estimate of drug-likeness (QED) is 0.378. The van der Waals surface area contributed by atoms with Crippen LogP contribution in [0.2, 0.25) is 10.0 Å². The molecule has 0 radical (unpaired) electrons. The Kier molecular flexibility index (Phi) is 8.33. The molecule has 1 aliphatic rings. The number of methoxy groups -OCH3 is 1. The second-order valence-corrected chi connectivity index (χ2v) is 11.9. The average Bonchev–Trinajstić information content (AvgIpc) is 2.85. The fourth-order valence-corrected chi connectivity index (χ4v) is 6.27. The molecule has 0 bridgehead atoms. The van der Waals surface area contributed by atoms with Gasteiger partial charge in [0.05, 0.1) is 28.8 Å². The van der Waals surface area contributed by atoms with Gasteiger partial charge in [0.15, 0.2) is 9.84 Å². The van der Waals surface area contributed by atoms with Crippen molar-refractivity contribution in [2.75, 3.05) is 26.0 Å². The summed E-state index contributed by atoms with van der Waals surface area (Å²) >= 11 is 12.5. The van der Waals surface area contributed by atoms with Crippen molar-refractivity contribution >= 4 is 44.8 Å². The van der Waals surface area contributed by atoms with Crippen LogP contribution in [-0.4, -0.2) is 40.1 Å². The van der Waals surface area contributed by atoms with E-state index in [1.165, 1.54) is 30.4 Å². The van der Waals surface area contributed by atoms with Crippen LogP contribution in [0.3, 0.4) is 0 Å². The molecule has 37 heavy (non-hydrogen) atoms. The number of rotatable bonds is 7. The number of hydrogen-bond acceptors (Lipinski definition) is 5. The first-order chi connectivity index (χ1) is 17.6. The Morgan fingerprint density at radius 3 is 2.49 bits per heavy atom. The molecular formula is C27H29Cl2N3O4S. The van der Waals surface area contributed by atoms with Crippen LogP contribution in [0.1, 0.15) is 35.2 Å². The van der Waals surface area contributed by atoms with E-state index in [1.807, 2.05) is 18.2 Å². The van der Waals surface area contributed by atoms with Crippen LogP contribution in [0.4, 0.5) is 10.5 Å². The zero-order chi connectivity index (χ0) is 26.7. The predicted octanol–water partition coefficient (Wildman–Crippen LogP) is 5.85. The second-order valence-electron chi connectivity index (χ2n) is 9.18. The van der Waals surface area contributed by atoms with Crippen LogP contribution in [0.15, 0.2) is 59.5 Å². The number of nitrogens with zero attached hydrogens (tertiary/aromatic N) is 1. The minimum atomic E-state index is -3.54. The van der Waals surface area contributed by atoms with Gasteiger partial charge in [-0.25, -0.2) is 13.2 Å². The molecule has 2 amide bonds. The molecule has 2 N–H and O–H groups in total. The van der Waals surface area contributed by atoms with Crippen LogP contribution >= 0.6 is 23.2 Å². The van der Waals surface area contributed by atoms with E-state index in [4.69, 9.17) is 27.9 Å². The summed E-state index contributed by atoms with van der Waals surface area (Å²) in [7, 11) is 0.0341. The predicted molar refractivity (Wildman–Crippen MR) is 147 cm³/mol. The summed E-state index contributed by atoms with van der Waals surface area (Å²) in [6.45, 7) is 3.62. The van der Waals surface area contributed by atoms with Gasteiger partial charge in [0.2, 0.25) is 0 Å². The van der Waals surface area contributed by atoms with Crippen LogP contribution in [-0.2, 0) is 28.6 Å². The van der Waals surface area contributed by atoms with E-state index in [0.29, 0.717) is 22.0 Å². The van der Waals surface area contributed by atoms with E-state index in [1.54, 1.807) is 31.2 Å². The summed E-state index contributed by atoms with van der Waals surface area (Å²) in [6.07, 6.45) is 0.915. The number of carbonyl (C=O) groups excluding carboxylic acids is 1. The van der Waals surface area contributed by atoms with Gasteiger partial charge in [0.25, 0.3) is 0 Å². The Morgan fingerprint density at radius 2 is 1.78 bits per heavy atom. The summed E-state index contributed by atoms with van der Waals surface area (Å²) in [5.74, 6) is 0.369. The summed E-state index contributed by atoms with van der Waals surface area (Å²) in [5.41, 5.74) is 4.33. The van der Waals surface area contributed by atoms with Gasteiger partial charge in [-0.05, 0) is 73.0 Å². The van der Waals surface area contributed by atoms with Crippen molar-refractivity contribution in [1.82, 2.24) is 10.2 Å². The van der Waals surface area contributed by atoms with Gasteiger partial charge in [-0.3, -0.25) is 0 Å². The molecule has 0 saturated heterocycles. The Labute approximate surface area is 227 Å². The molecule has 196 valence electrons. The van der Waals surface area contributed by atoms with Crippen molar-refractivity contribution in [2.45, 2.75) is 36.6 Å². The number of benzene rings is 3. The Balaban J connectivity index is 1.38. The van der Waals surface area contributed by atoms with Crippen LogP contribution in [0.5, 0.6) is 5.75 Å². The van der Waals surface area contributed by atoms with Gasteiger partial charge in [-0.15, -0.1) is 0 Å². The molecule has 10 heteroatoms. The summed E-state index contributed by atoms with van der Waals surface area (Å²) in [4.78, 5) is 15.0. The molecule has 0 spiro atoms. The van der Waals surface area contributed by atoms with Crippen molar-refractivity contribution in [3.05, 3.63) is 86.9 Å². The smallest absolute Gasteiger partial charge is 0.319 e. The van der Waals surface area contributed by atoms with Gasteiger partial charge in [-0.1, -0.05) is 47.5 Å². The highest BCUT2D eigenvalue weighted by molar-refractivity contribution is 7.90. The first kappa shape index (κ1) is 27.3. The summed E-state index contributed by atoms with van der Waals surface area (Å²) in [5, 5.41) is 6.09. The zero-order valence-electron chi connectivity index (χ0n) is 20.8. The Bertz CT molecular complexity index is 1410. The molecule has 3 aromatic carbocycles. The van der Waals surface area contributed by atoms with E-state index >= 15 is 0 Å². The second kappa shape index (κ2) is 11.3. The molecule has 1 aliphatic heterocycles. The topological polar surface area (TPSA) is 87.7 Å². The normalized spacial score (nSPS) is 14.5. The van der Waals surface area contributed by atoms with Gasteiger partial charge < -0.3 is 20.3 Å². The molecule has 3 aromatic rings. The third-order valence-corrected chi connectivity index (χ3v) is 9.00. The van der Waals surface area contributed by atoms with Crippen molar-refractivity contribution < 1.29 is 17.9 Å². The molecule has 4 rings (SSSR count). The minimum absolute atomic E-state index is 0.0773. The molecule has 1 atom stereocenters. The molecule has 1 unspecified atom stereocenters. The number of fused-ring (bicyclic) bond motifs is 1. The fourth-order valence-electron chi connectivity index (χ4n) is 4.37. The standard InChI is InChI=1S/C27H29Cl2N3O4S/c1-17(23-10-11-24(36-3)26(29)25(23)28)30-27(33)31-21-6-8-22(9-7-21)37(34,35)16-18-4-5-20-15-32(2)13-12-19(20)14-18/h4-11,14,17H,12-13,15-16H2,1-3H3,(H2,30,31,33). The van der Waals surface area contributed by atoms with Gasteiger partial charge in [-0.2, -0.15) is 0 Å². The lowest BCUT2D eigenvalue weighted by Crippen LogP contribution is -2.31. The molecule has 0 saturated carbocycles. The van der Waals surface area contributed by atoms with Crippen LogP contribution < -0.4 is 15.4 Å². The van der Waals surface area contributed by atoms with Crippen molar-refractivity contribution in [2.24, 2.45) is 0 Å². The number of anilines is 1. The lowest BCUT2D eigenvalue weighted by Gasteiger charge is -2.25. The molecule has 1 heterocycles. The van der Waals surface area contributed by atoms with Crippen molar-refractivity contribution in [3.8, 4) is 5.75 Å². The maximum absolute atomic E-state index is 13.0. The minimum Gasteiger partial charge on any atom is -0.495 e. The first-order valence-electron chi connectivity index (χ1n) is 11.8. The number of likely N-dealkylation sites (N-methyl/N-ethyl adjacent to an activating group) is 1. The maximum Gasteiger partial charge on any atom is 0.319 e. The van der Waals surface area contributed by atoms with E-state index in [2.05, 4.69) is 22.6 Å². The average molecular weight is 563 g/mol. The number of nitrogens with one attached hydrogen (secondary N) is 2. The third kappa shape index (κ3) is 6.38. The van der Waals surface area contributed by atoms with Crippen LogP contribution in [0, 0.1) is 0 Å². The Morgan fingerprint density at radius 1 is 1.05 bits per heavy atom. The highest BCUT2D eigenvalue weighted by Gasteiger charge is 2.20. The van der Waals surface area contributed by atoms with E-state index < -0.39 is 21.9 Å². The molecule has 7 nitrogen and oxygen atoms in total. The van der Waals surface area contributed by atoms with Crippen molar-refractivity contribution in [3.63, 3.8) is 0 Å². The lowest BCUT2D eigenvalue weighted by molar-refractivity contribution is 0.249. The number of amides is 2. The number of ether oxygens (including phenoxy) is 1. The molecule has 0 fully saturated rings. The number of halogens is 2. The van der Waals surface area contributed by atoms with E-state index in [-0.39, 0.29) is 15.7 Å². The van der Waals surface area contributed by atoms with Crippen molar-refractivity contribution in [1.29, 1.82) is 0 Å². The maximum atomic E-state index is 13.0. The molecule has 0 aromatic heterocycles. The number of hydrogen-bond donors (Lipinski definition) is 2. The number of urea groups is 1. The molecule has 0 aliphatic carbocycles. The highest BCUT2D eigenvalue weighted by atomic mass is 35.5.